The lowest BCUT2D eigenvalue weighted by Crippen LogP contribution is -2.37. The van der Waals surface area contributed by atoms with Gasteiger partial charge in [-0.2, -0.15) is 9.61 Å². The molecule has 1 N–H and O–H groups in total. The van der Waals surface area contributed by atoms with Crippen LogP contribution in [0.5, 0.6) is 0 Å². The van der Waals surface area contributed by atoms with Gasteiger partial charge in [0.15, 0.2) is 5.65 Å². The first-order valence-corrected chi connectivity index (χ1v) is 9.60. The molecule has 1 fully saturated rings. The fourth-order valence-corrected chi connectivity index (χ4v) is 4.00. The van der Waals surface area contributed by atoms with Gasteiger partial charge >= 0.3 is 5.69 Å². The Morgan fingerprint density at radius 3 is 2.81 bits per heavy atom. The van der Waals surface area contributed by atoms with Gasteiger partial charge in [-0.25, -0.2) is 13.9 Å². The van der Waals surface area contributed by atoms with Crippen molar-refractivity contribution in [3.05, 3.63) is 52.7 Å². The van der Waals surface area contributed by atoms with Gasteiger partial charge in [-0.1, -0.05) is 30.7 Å². The zero-order valence-electron chi connectivity index (χ0n) is 14.5. The topological polar surface area (TPSA) is 81.3 Å². The van der Waals surface area contributed by atoms with Gasteiger partial charge in [-0.05, 0) is 43.2 Å². The molecule has 1 aliphatic rings. The van der Waals surface area contributed by atoms with Crippen molar-refractivity contribution in [3.63, 3.8) is 0 Å². The van der Waals surface area contributed by atoms with E-state index in [9.17, 15) is 14.0 Å². The molecule has 0 atom stereocenters. The van der Waals surface area contributed by atoms with Crippen molar-refractivity contribution in [2.24, 2.45) is 0 Å². The number of carbonyl (C=O) groups is 1. The lowest BCUT2D eigenvalue weighted by molar-refractivity contribution is -0.122. The third-order valence-corrected chi connectivity index (χ3v) is 5.36. The molecule has 140 valence electrons. The van der Waals surface area contributed by atoms with E-state index in [1.165, 1.54) is 23.9 Å². The number of nitrogens with zero attached hydrogens (tertiary/aromatic N) is 4. The second kappa shape index (κ2) is 7.51. The van der Waals surface area contributed by atoms with E-state index >= 15 is 0 Å². The molecule has 0 saturated heterocycles. The summed E-state index contributed by atoms with van der Waals surface area (Å²) >= 11 is 1.24. The molecular formula is C18H18FN5O2S. The quantitative estimate of drug-likeness (QED) is 0.726. The number of hydrogen-bond donors (Lipinski definition) is 1. The van der Waals surface area contributed by atoms with Gasteiger partial charge in [0.05, 0.1) is 0 Å². The average Bonchev–Trinajstić information content (AvgIpc) is 3.24. The number of rotatable bonds is 5. The van der Waals surface area contributed by atoms with Crippen LogP contribution in [0.15, 0.2) is 51.1 Å². The fraction of sp³-hybridized carbons (Fsp3) is 0.333. The summed E-state index contributed by atoms with van der Waals surface area (Å²) in [6.07, 6.45) is 4.20. The fourth-order valence-electron chi connectivity index (χ4n) is 3.18. The Morgan fingerprint density at radius 1 is 1.22 bits per heavy atom. The van der Waals surface area contributed by atoms with Crippen LogP contribution in [-0.2, 0) is 11.3 Å². The van der Waals surface area contributed by atoms with Crippen LogP contribution in [0.25, 0.3) is 5.65 Å². The summed E-state index contributed by atoms with van der Waals surface area (Å²) in [7, 11) is 0. The van der Waals surface area contributed by atoms with Crippen LogP contribution in [0, 0.1) is 5.82 Å². The molecule has 0 unspecified atom stereocenters. The van der Waals surface area contributed by atoms with Crippen LogP contribution in [0.3, 0.4) is 0 Å². The summed E-state index contributed by atoms with van der Waals surface area (Å²) in [4.78, 5) is 25.3. The smallest absolute Gasteiger partial charge is 0.352 e. The van der Waals surface area contributed by atoms with Crippen LogP contribution in [0.4, 0.5) is 4.39 Å². The van der Waals surface area contributed by atoms with Crippen molar-refractivity contribution in [2.75, 3.05) is 0 Å². The van der Waals surface area contributed by atoms with Crippen LogP contribution < -0.4 is 11.0 Å². The molecule has 0 spiro atoms. The molecule has 2 aromatic heterocycles. The van der Waals surface area contributed by atoms with E-state index in [0.29, 0.717) is 15.6 Å². The molecule has 0 bridgehead atoms. The maximum absolute atomic E-state index is 13.3. The maximum atomic E-state index is 13.3. The van der Waals surface area contributed by atoms with Gasteiger partial charge in [0.1, 0.15) is 17.4 Å². The number of benzene rings is 1. The number of nitrogens with one attached hydrogen (secondary N) is 1. The van der Waals surface area contributed by atoms with E-state index in [1.54, 1.807) is 24.3 Å². The Morgan fingerprint density at radius 2 is 2.04 bits per heavy atom. The third kappa shape index (κ3) is 4.02. The molecule has 3 aromatic rings. The first kappa shape index (κ1) is 17.7. The van der Waals surface area contributed by atoms with Gasteiger partial charge < -0.3 is 5.32 Å². The monoisotopic (exact) mass is 387 g/mol. The molecule has 0 radical (unpaired) electrons. The van der Waals surface area contributed by atoms with Crippen molar-refractivity contribution in [3.8, 4) is 0 Å². The van der Waals surface area contributed by atoms with E-state index < -0.39 is 5.69 Å². The highest BCUT2D eigenvalue weighted by Gasteiger charge is 2.19. The number of hydrogen-bond acceptors (Lipinski definition) is 5. The zero-order chi connectivity index (χ0) is 18.8. The summed E-state index contributed by atoms with van der Waals surface area (Å²) < 4.78 is 15.6. The second-order valence-electron chi connectivity index (χ2n) is 6.49. The molecule has 4 rings (SSSR count). The SMILES string of the molecule is O=C(Cn1nc2ccc(Sc3cccc(F)c3)nn2c1=O)NC1CCCC1. The molecule has 1 saturated carbocycles. The molecule has 27 heavy (non-hydrogen) atoms. The first-order chi connectivity index (χ1) is 13.1. The minimum absolute atomic E-state index is 0.134. The highest BCUT2D eigenvalue weighted by Crippen LogP contribution is 2.26. The van der Waals surface area contributed by atoms with Gasteiger partial charge in [-0.15, -0.1) is 5.10 Å². The minimum atomic E-state index is -0.478. The molecule has 1 aliphatic carbocycles. The number of carbonyl (C=O) groups excluding carboxylic acids is 1. The van der Waals surface area contributed by atoms with Crippen molar-refractivity contribution in [1.82, 2.24) is 24.7 Å². The average molecular weight is 387 g/mol. The largest absolute Gasteiger partial charge is 0.367 e. The number of fused-ring (bicyclic) bond motifs is 1. The maximum Gasteiger partial charge on any atom is 0.367 e. The Bertz CT molecular complexity index is 1040. The highest BCUT2D eigenvalue weighted by molar-refractivity contribution is 7.99. The third-order valence-electron chi connectivity index (χ3n) is 4.45. The van der Waals surface area contributed by atoms with Crippen LogP contribution >= 0.6 is 11.8 Å². The molecule has 9 heteroatoms. The number of aromatic nitrogens is 4. The molecule has 0 aliphatic heterocycles. The molecule has 1 amide bonds. The molecule has 2 heterocycles. The first-order valence-electron chi connectivity index (χ1n) is 8.78. The Hall–Kier alpha value is -2.68. The molecule has 7 nitrogen and oxygen atoms in total. The normalized spacial score (nSPS) is 14.7. The van der Waals surface area contributed by atoms with Crippen LogP contribution in [-0.4, -0.2) is 31.3 Å². The Balaban J connectivity index is 1.53. The van der Waals surface area contributed by atoms with Gasteiger partial charge in [0, 0.05) is 10.9 Å². The van der Waals surface area contributed by atoms with E-state index in [1.807, 2.05) is 0 Å². The van der Waals surface area contributed by atoms with E-state index in [4.69, 9.17) is 0 Å². The van der Waals surface area contributed by atoms with Crippen molar-refractivity contribution in [2.45, 2.75) is 48.2 Å². The van der Waals surface area contributed by atoms with Crippen molar-refractivity contribution < 1.29 is 9.18 Å². The second-order valence-corrected chi connectivity index (χ2v) is 7.58. The molecule has 1 aromatic carbocycles. The van der Waals surface area contributed by atoms with Crippen molar-refractivity contribution >= 4 is 23.3 Å². The summed E-state index contributed by atoms with van der Waals surface area (Å²) in [5.74, 6) is -0.555. The summed E-state index contributed by atoms with van der Waals surface area (Å²) in [6, 6.07) is 9.70. The van der Waals surface area contributed by atoms with E-state index in [0.717, 1.165) is 34.9 Å². The Kier molecular flexibility index (Phi) is 4.93. The summed E-state index contributed by atoms with van der Waals surface area (Å²) in [5.41, 5.74) is -0.120. The number of halogens is 1. The van der Waals surface area contributed by atoms with Crippen molar-refractivity contribution in [1.29, 1.82) is 0 Å². The van der Waals surface area contributed by atoms with Crippen LogP contribution in [0.2, 0.25) is 0 Å². The van der Waals surface area contributed by atoms with Gasteiger partial charge in [0.25, 0.3) is 0 Å². The standard InChI is InChI=1S/C18H18FN5O2S/c19-12-4-3-7-14(10-12)27-17-9-8-15-21-23(18(26)24(15)22-17)11-16(25)20-13-5-1-2-6-13/h3-4,7-10,13H,1-2,5-6,11H2,(H,20,25). The predicted molar refractivity (Wildman–Crippen MR) is 98.2 cm³/mol. The van der Waals surface area contributed by atoms with Crippen LogP contribution in [0.1, 0.15) is 25.7 Å². The van der Waals surface area contributed by atoms with E-state index in [-0.39, 0.29) is 24.3 Å². The number of amides is 1. The zero-order valence-corrected chi connectivity index (χ0v) is 15.3. The summed E-state index contributed by atoms with van der Waals surface area (Å²) in [6.45, 7) is -0.134. The molecular weight excluding hydrogens is 369 g/mol. The van der Waals surface area contributed by atoms with E-state index in [2.05, 4.69) is 15.5 Å². The minimum Gasteiger partial charge on any atom is -0.352 e. The highest BCUT2D eigenvalue weighted by atomic mass is 32.2. The van der Waals surface area contributed by atoms with Gasteiger partial charge in [0.2, 0.25) is 5.91 Å². The summed E-state index contributed by atoms with van der Waals surface area (Å²) in [5, 5.41) is 11.9. The Labute approximate surface area is 158 Å². The van der Waals surface area contributed by atoms with Gasteiger partial charge in [-0.3, -0.25) is 4.79 Å². The lowest BCUT2D eigenvalue weighted by Gasteiger charge is -2.10. The lowest BCUT2D eigenvalue weighted by atomic mass is 10.2. The predicted octanol–water partition coefficient (Wildman–Crippen LogP) is 2.24.